The SMILES string of the molecule is c1ccc(-c2c(-c3ccccc3)n(-c3cccc(-c4nc(-c5ccccc5)c5oc6cc7sc8ccccc8c7cc6c5n4)c3)c3ccccc23)cc1.c1ccc(-c2nc(-c3cccc(-n4c5ccccc5c5ccccc54)c3)nc3c2oc2c3ccc3c4ccccc4oc32)cc1.c1ccc(-c2nc(-c3cccc(-n4c5ccccc5c5ccccc54)c3)nc3c2oc2cc4sc5ccccc5c4cc23)cc1. The predicted molar refractivity (Wildman–Crippen MR) is 590 cm³/mol. The molecule has 0 radical (unpaired) electrons. The van der Waals surface area contributed by atoms with Gasteiger partial charge < -0.3 is 31.4 Å². The van der Waals surface area contributed by atoms with Gasteiger partial charge in [0.1, 0.15) is 50.4 Å². The molecule has 0 bridgehead atoms. The monoisotopic (exact) mass is 1870 g/mol. The number of thiophene rings is 2. The van der Waals surface area contributed by atoms with Crippen LogP contribution in [0.5, 0.6) is 0 Å². The lowest BCUT2D eigenvalue weighted by molar-refractivity contribution is 0.633. The molecule has 0 saturated heterocycles. The zero-order valence-electron chi connectivity index (χ0n) is 76.3. The van der Waals surface area contributed by atoms with Crippen molar-refractivity contribution in [3.63, 3.8) is 0 Å². The van der Waals surface area contributed by atoms with E-state index in [1.165, 1.54) is 89.4 Å². The molecule has 143 heavy (non-hydrogen) atoms. The van der Waals surface area contributed by atoms with E-state index in [0.29, 0.717) is 39.8 Å². The molecule has 668 valence electrons. The summed E-state index contributed by atoms with van der Waals surface area (Å²) in [6, 6.07) is 159. The normalized spacial score (nSPS) is 11.9. The molecule has 13 nitrogen and oxygen atoms in total. The van der Waals surface area contributed by atoms with Crippen molar-refractivity contribution in [3.8, 4) is 107 Å². The quantitative estimate of drug-likeness (QED) is 0.123. The summed E-state index contributed by atoms with van der Waals surface area (Å²) in [5.74, 6) is 1.95. The Morgan fingerprint density at radius 1 is 0.175 bits per heavy atom. The summed E-state index contributed by atoms with van der Waals surface area (Å²) in [5, 5.41) is 16.0. The highest BCUT2D eigenvalue weighted by molar-refractivity contribution is 7.26. The molecular weight excluding hydrogens is 1790 g/mol. The molecule has 0 fully saturated rings. The molecule has 0 unspecified atom stereocenters. The van der Waals surface area contributed by atoms with Gasteiger partial charge in [-0.3, -0.25) is 0 Å². The largest absolute Gasteiger partial charge is 0.452 e. The van der Waals surface area contributed by atoms with E-state index in [-0.39, 0.29) is 0 Å². The standard InChI is InChI=1S/C48H29N3OS.C40H23N3O2.C40H23N3OS/c1-4-15-30(16-5-1)43-36-24-10-12-25-39(36)51(46(43)32-19-8-3-9-20-32)34-22-14-21-33(27-34)48-49-44(31-17-6-2-7-18-31)47-45(50-48)38-28-37-35-23-11-13-26-41(35)53-42(37)29-40(38)52-47;1-2-11-24(12-3-1)35-39-36(31-22-21-30-29-17-6-9-20-34(29)44-37(30)38(31)45-39)42-40(41-35)25-13-10-14-26(23-25)43-32-18-7-4-15-27(32)28-16-5-8-19-33(28)43;1-2-11-24(12-3-1)37-39-38(31-22-30-29-17-6-9-20-35(29)45-36(30)23-34(31)44-39)42-40(41-37)25-13-10-14-26(21-25)43-32-18-7-4-15-27(32)28-16-5-8-19-33(28)43/h1-29H;2*1-23H. The minimum absolute atomic E-state index is 0.636. The Hall–Kier alpha value is -18.8. The van der Waals surface area contributed by atoms with Crippen molar-refractivity contribution in [3.05, 3.63) is 455 Å². The topological polar surface area (TPSA) is 145 Å². The molecule has 0 N–H and O–H groups in total. The lowest BCUT2D eigenvalue weighted by Crippen LogP contribution is -1.99. The van der Waals surface area contributed by atoms with E-state index in [9.17, 15) is 0 Å². The fraction of sp³-hybridized carbons (Fsp3) is 0. The third kappa shape index (κ3) is 13.3. The van der Waals surface area contributed by atoms with E-state index in [2.05, 4.69) is 396 Å². The van der Waals surface area contributed by atoms with Crippen LogP contribution in [0.4, 0.5) is 0 Å². The van der Waals surface area contributed by atoms with Crippen molar-refractivity contribution in [2.75, 3.05) is 0 Å². The zero-order valence-corrected chi connectivity index (χ0v) is 77.9. The van der Waals surface area contributed by atoms with Crippen molar-refractivity contribution in [2.45, 2.75) is 0 Å². The summed E-state index contributed by atoms with van der Waals surface area (Å²) in [6.45, 7) is 0. The Balaban J connectivity index is 0.000000103. The number of nitrogens with zero attached hydrogens (tertiary/aromatic N) is 9. The highest BCUT2D eigenvalue weighted by Gasteiger charge is 2.29. The van der Waals surface area contributed by atoms with Crippen LogP contribution in [0.15, 0.2) is 473 Å². The Morgan fingerprint density at radius 3 is 0.923 bits per heavy atom. The van der Waals surface area contributed by atoms with E-state index in [1.54, 1.807) is 22.7 Å². The molecule has 0 aliphatic rings. The van der Waals surface area contributed by atoms with Gasteiger partial charge in [-0.1, -0.05) is 334 Å². The number of hydrogen-bond acceptors (Lipinski definition) is 12. The lowest BCUT2D eigenvalue weighted by Gasteiger charge is -2.14. The van der Waals surface area contributed by atoms with Gasteiger partial charge in [0, 0.05) is 145 Å². The fourth-order valence-electron chi connectivity index (χ4n) is 21.4. The van der Waals surface area contributed by atoms with Crippen molar-refractivity contribution in [1.82, 2.24) is 43.6 Å². The number of fused-ring (bicyclic) bond motifs is 26. The van der Waals surface area contributed by atoms with Crippen molar-refractivity contribution in [1.29, 1.82) is 0 Å². The Kier molecular flexibility index (Phi) is 18.8. The molecule has 15 heteroatoms. The van der Waals surface area contributed by atoms with E-state index >= 15 is 0 Å². The Labute approximate surface area is 823 Å². The second-order valence-electron chi connectivity index (χ2n) is 36.1. The number of furan rings is 4. The molecule has 0 amide bonds. The van der Waals surface area contributed by atoms with Crippen LogP contribution < -0.4 is 0 Å². The van der Waals surface area contributed by atoms with E-state index < -0.39 is 0 Å². The molecule has 0 saturated carbocycles. The van der Waals surface area contributed by atoms with Crippen LogP contribution >= 0.6 is 22.7 Å². The first-order valence-electron chi connectivity index (χ1n) is 47.8. The number of benzene rings is 19. The van der Waals surface area contributed by atoms with Gasteiger partial charge in [0.05, 0.1) is 38.7 Å². The fourth-order valence-corrected chi connectivity index (χ4v) is 23.6. The molecule has 12 heterocycles. The minimum Gasteiger partial charge on any atom is -0.452 e. The molecule has 0 aliphatic carbocycles. The van der Waals surface area contributed by atoms with Gasteiger partial charge >= 0.3 is 0 Å². The number of aromatic nitrogens is 9. The van der Waals surface area contributed by atoms with Gasteiger partial charge in [0.2, 0.25) is 0 Å². The maximum atomic E-state index is 6.66. The van der Waals surface area contributed by atoms with Crippen LogP contribution in [0.2, 0.25) is 0 Å². The summed E-state index contributed by atoms with van der Waals surface area (Å²) < 4.78 is 38.2. The van der Waals surface area contributed by atoms with Crippen LogP contribution in [-0.2, 0) is 0 Å². The first-order valence-corrected chi connectivity index (χ1v) is 49.4. The molecule has 0 aliphatic heterocycles. The molecule has 31 aromatic rings. The van der Waals surface area contributed by atoms with Crippen LogP contribution in [-0.4, -0.2) is 43.6 Å². The van der Waals surface area contributed by atoms with Gasteiger partial charge in [-0.2, -0.15) is 0 Å². The maximum Gasteiger partial charge on any atom is 0.180 e. The van der Waals surface area contributed by atoms with Gasteiger partial charge in [0.15, 0.2) is 45.4 Å². The summed E-state index contributed by atoms with van der Waals surface area (Å²) in [7, 11) is 0. The first kappa shape index (κ1) is 81.4. The lowest BCUT2D eigenvalue weighted by atomic mass is 9.98. The van der Waals surface area contributed by atoms with Gasteiger partial charge in [-0.15, -0.1) is 22.7 Å². The average molecular weight is 1870 g/mol. The van der Waals surface area contributed by atoms with Crippen LogP contribution in [0.25, 0.3) is 290 Å². The van der Waals surface area contributed by atoms with Crippen LogP contribution in [0, 0.1) is 0 Å². The zero-order chi connectivity index (χ0) is 93.8. The summed E-state index contributed by atoms with van der Waals surface area (Å²) in [5.41, 5.74) is 30.0. The second kappa shape index (κ2) is 33.0. The number of para-hydroxylation sites is 6. The van der Waals surface area contributed by atoms with Crippen LogP contribution in [0.3, 0.4) is 0 Å². The second-order valence-corrected chi connectivity index (χ2v) is 38.3. The first-order chi connectivity index (χ1) is 70.9. The number of rotatable bonds is 11. The van der Waals surface area contributed by atoms with Gasteiger partial charge in [-0.25, -0.2) is 29.9 Å². The van der Waals surface area contributed by atoms with Gasteiger partial charge in [0.25, 0.3) is 0 Å². The molecule has 19 aromatic carbocycles. The van der Waals surface area contributed by atoms with Crippen LogP contribution in [0.1, 0.15) is 0 Å². The van der Waals surface area contributed by atoms with E-state index in [1.807, 2.05) is 72.8 Å². The van der Waals surface area contributed by atoms with Crippen molar-refractivity contribution >= 4 is 206 Å². The average Bonchev–Trinajstić information content (AvgIpc) is 1.58. The Bertz CT molecular complexity index is 10500. The smallest absolute Gasteiger partial charge is 0.180 e. The van der Waals surface area contributed by atoms with E-state index in [4.69, 9.17) is 47.6 Å². The molecule has 0 atom stereocenters. The Morgan fingerprint density at radius 2 is 0.490 bits per heavy atom. The highest BCUT2D eigenvalue weighted by Crippen LogP contribution is 2.50. The summed E-state index contributed by atoms with van der Waals surface area (Å²) >= 11 is 3.58. The van der Waals surface area contributed by atoms with E-state index in [0.717, 1.165) is 161 Å². The van der Waals surface area contributed by atoms with Gasteiger partial charge in [-0.05, 0) is 132 Å². The highest BCUT2D eigenvalue weighted by atomic mass is 32.1. The van der Waals surface area contributed by atoms with Crippen molar-refractivity contribution in [2.24, 2.45) is 0 Å². The molecule has 31 rings (SSSR count). The maximum absolute atomic E-state index is 6.66. The molecule has 12 aromatic heterocycles. The third-order valence-electron chi connectivity index (χ3n) is 27.8. The minimum atomic E-state index is 0.636. The predicted octanol–water partition coefficient (Wildman–Crippen LogP) is 35.2. The summed E-state index contributed by atoms with van der Waals surface area (Å²) in [6.07, 6.45) is 0. The number of hydrogen-bond donors (Lipinski definition) is 0. The molecular formula is C128H75N9O4S2. The van der Waals surface area contributed by atoms with Crippen molar-refractivity contribution < 1.29 is 17.7 Å². The summed E-state index contributed by atoms with van der Waals surface area (Å²) in [4.78, 5) is 31.3. The molecule has 0 spiro atoms. The third-order valence-corrected chi connectivity index (χ3v) is 30.1.